The average Bonchev–Trinajstić information content (AvgIpc) is 2.16. The molecule has 0 aliphatic carbocycles. The largest absolute Gasteiger partial charge is 0.198 e. The fraction of sp³-hybridized carbons (Fsp3) is 0.909. The SMILES string of the molecule is CCCCCCCCPCCC#N. The number of rotatable bonds is 9. The standard InChI is InChI=1S/C11H22NP/c1-2-3-4-5-6-7-10-13-11-8-9-12/h13H,2-8,10-11H2,1H3. The molecule has 0 saturated carbocycles. The van der Waals surface area contributed by atoms with Gasteiger partial charge in [-0.3, -0.25) is 0 Å². The zero-order chi connectivity index (χ0) is 9.78. The van der Waals surface area contributed by atoms with E-state index < -0.39 is 0 Å². The van der Waals surface area contributed by atoms with E-state index in [0.29, 0.717) is 0 Å². The zero-order valence-electron chi connectivity index (χ0n) is 8.81. The van der Waals surface area contributed by atoms with Crippen LogP contribution in [0.4, 0.5) is 0 Å². The summed E-state index contributed by atoms with van der Waals surface area (Å²) in [6.07, 6.45) is 11.6. The summed E-state index contributed by atoms with van der Waals surface area (Å²) in [6.45, 7) is 2.25. The zero-order valence-corrected chi connectivity index (χ0v) is 9.81. The van der Waals surface area contributed by atoms with Crippen LogP contribution in [0.1, 0.15) is 51.9 Å². The molecule has 0 aromatic carbocycles. The maximum atomic E-state index is 8.32. The summed E-state index contributed by atoms with van der Waals surface area (Å²) in [4.78, 5) is 0. The van der Waals surface area contributed by atoms with E-state index in [0.717, 1.165) is 21.2 Å². The Morgan fingerprint density at radius 1 is 1.00 bits per heavy atom. The van der Waals surface area contributed by atoms with E-state index in [1.165, 1.54) is 44.7 Å². The van der Waals surface area contributed by atoms with Crippen LogP contribution in [0.25, 0.3) is 0 Å². The minimum Gasteiger partial charge on any atom is -0.198 e. The molecular weight excluding hydrogens is 177 g/mol. The van der Waals surface area contributed by atoms with Crippen LogP contribution < -0.4 is 0 Å². The van der Waals surface area contributed by atoms with Crippen LogP contribution in [0.3, 0.4) is 0 Å². The van der Waals surface area contributed by atoms with Crippen LogP contribution in [-0.2, 0) is 0 Å². The van der Waals surface area contributed by atoms with Crippen molar-refractivity contribution in [2.75, 3.05) is 12.3 Å². The molecule has 0 aliphatic heterocycles. The lowest BCUT2D eigenvalue weighted by Crippen LogP contribution is -1.82. The summed E-state index contributed by atoms with van der Waals surface area (Å²) in [5.74, 6) is 0. The fourth-order valence-electron chi connectivity index (χ4n) is 1.30. The molecule has 0 saturated heterocycles. The molecule has 0 fully saturated rings. The molecule has 0 heterocycles. The van der Waals surface area contributed by atoms with E-state index in [-0.39, 0.29) is 0 Å². The molecule has 76 valence electrons. The third-order valence-electron chi connectivity index (χ3n) is 2.12. The molecule has 0 aliphatic rings. The molecule has 1 nitrogen and oxygen atoms in total. The summed E-state index contributed by atoms with van der Waals surface area (Å²) < 4.78 is 0. The van der Waals surface area contributed by atoms with Gasteiger partial charge in [0.15, 0.2) is 0 Å². The van der Waals surface area contributed by atoms with Gasteiger partial charge in [0, 0.05) is 6.42 Å². The van der Waals surface area contributed by atoms with Gasteiger partial charge in [-0.15, -0.1) is 8.58 Å². The van der Waals surface area contributed by atoms with Crippen molar-refractivity contribution < 1.29 is 0 Å². The third-order valence-corrected chi connectivity index (χ3v) is 3.43. The fourth-order valence-corrected chi connectivity index (χ4v) is 2.34. The quantitative estimate of drug-likeness (QED) is 0.407. The Labute approximate surface area is 84.7 Å². The van der Waals surface area contributed by atoms with Gasteiger partial charge < -0.3 is 0 Å². The Kier molecular flexibility index (Phi) is 11.8. The lowest BCUT2D eigenvalue weighted by Gasteiger charge is -1.99. The first-order chi connectivity index (χ1) is 6.41. The first-order valence-electron chi connectivity index (χ1n) is 5.49. The number of hydrogen-bond donors (Lipinski definition) is 0. The van der Waals surface area contributed by atoms with Crippen molar-refractivity contribution in [1.82, 2.24) is 0 Å². The van der Waals surface area contributed by atoms with Crippen LogP contribution in [0.2, 0.25) is 0 Å². The van der Waals surface area contributed by atoms with Crippen LogP contribution in [0, 0.1) is 11.3 Å². The Morgan fingerprint density at radius 3 is 2.38 bits per heavy atom. The van der Waals surface area contributed by atoms with Gasteiger partial charge in [-0.2, -0.15) is 5.26 Å². The van der Waals surface area contributed by atoms with Gasteiger partial charge in [-0.05, 0) is 18.7 Å². The van der Waals surface area contributed by atoms with Gasteiger partial charge in [0.1, 0.15) is 0 Å². The predicted octanol–water partition coefficient (Wildman–Crippen LogP) is 3.94. The van der Waals surface area contributed by atoms with E-state index in [4.69, 9.17) is 5.26 Å². The maximum Gasteiger partial charge on any atom is 0.0625 e. The Morgan fingerprint density at radius 2 is 1.69 bits per heavy atom. The van der Waals surface area contributed by atoms with Crippen LogP contribution in [-0.4, -0.2) is 12.3 Å². The normalized spacial score (nSPS) is 10.8. The van der Waals surface area contributed by atoms with Crippen LogP contribution in [0.15, 0.2) is 0 Å². The molecule has 1 atom stereocenters. The molecular formula is C11H22NP. The van der Waals surface area contributed by atoms with Crippen molar-refractivity contribution in [1.29, 1.82) is 5.26 Å². The van der Waals surface area contributed by atoms with Gasteiger partial charge in [0.25, 0.3) is 0 Å². The van der Waals surface area contributed by atoms with Gasteiger partial charge in [-0.1, -0.05) is 39.0 Å². The molecule has 1 unspecified atom stereocenters. The summed E-state index contributed by atoms with van der Waals surface area (Å²) >= 11 is 0. The summed E-state index contributed by atoms with van der Waals surface area (Å²) in [6, 6.07) is 2.19. The first kappa shape index (κ1) is 12.9. The van der Waals surface area contributed by atoms with Gasteiger partial charge in [-0.25, -0.2) is 0 Å². The van der Waals surface area contributed by atoms with Gasteiger partial charge in [0.05, 0.1) is 6.07 Å². The Hall–Kier alpha value is -0.0800. The van der Waals surface area contributed by atoms with E-state index >= 15 is 0 Å². The molecule has 2 heteroatoms. The summed E-state index contributed by atoms with van der Waals surface area (Å²) in [7, 11) is 1.03. The predicted molar refractivity (Wildman–Crippen MR) is 61.7 cm³/mol. The number of nitrogens with zero attached hydrogens (tertiary/aromatic N) is 1. The number of nitriles is 1. The monoisotopic (exact) mass is 199 g/mol. The molecule has 0 bridgehead atoms. The molecule has 0 rings (SSSR count). The van der Waals surface area contributed by atoms with Crippen molar-refractivity contribution in [2.24, 2.45) is 0 Å². The molecule has 0 aromatic heterocycles. The minimum absolute atomic E-state index is 0.758. The van der Waals surface area contributed by atoms with Gasteiger partial charge in [0.2, 0.25) is 0 Å². The van der Waals surface area contributed by atoms with E-state index in [2.05, 4.69) is 13.0 Å². The summed E-state index contributed by atoms with van der Waals surface area (Å²) in [5, 5.41) is 8.32. The molecule has 0 N–H and O–H groups in total. The highest BCUT2D eigenvalue weighted by Crippen LogP contribution is 2.15. The average molecular weight is 199 g/mol. The second-order valence-corrected chi connectivity index (χ2v) is 4.93. The molecule has 0 amide bonds. The molecule has 0 spiro atoms. The van der Waals surface area contributed by atoms with Crippen molar-refractivity contribution in [3.8, 4) is 6.07 Å². The van der Waals surface area contributed by atoms with Crippen LogP contribution >= 0.6 is 8.58 Å². The van der Waals surface area contributed by atoms with E-state index in [9.17, 15) is 0 Å². The van der Waals surface area contributed by atoms with E-state index in [1.807, 2.05) is 0 Å². The van der Waals surface area contributed by atoms with Crippen molar-refractivity contribution in [3.05, 3.63) is 0 Å². The second-order valence-electron chi connectivity index (χ2n) is 3.43. The van der Waals surface area contributed by atoms with Crippen molar-refractivity contribution in [2.45, 2.75) is 51.9 Å². The molecule has 0 aromatic rings. The lowest BCUT2D eigenvalue weighted by molar-refractivity contribution is 0.626. The Balaban J connectivity index is 2.80. The first-order valence-corrected chi connectivity index (χ1v) is 6.91. The highest BCUT2D eigenvalue weighted by Gasteiger charge is 1.90. The molecule has 13 heavy (non-hydrogen) atoms. The van der Waals surface area contributed by atoms with E-state index in [1.54, 1.807) is 0 Å². The number of hydrogen-bond acceptors (Lipinski definition) is 1. The van der Waals surface area contributed by atoms with Gasteiger partial charge >= 0.3 is 0 Å². The summed E-state index contributed by atoms with van der Waals surface area (Å²) in [5.41, 5.74) is 0. The maximum absolute atomic E-state index is 8.32. The Bertz CT molecular complexity index is 129. The molecule has 0 radical (unpaired) electrons. The minimum atomic E-state index is 0.758. The topological polar surface area (TPSA) is 23.8 Å². The number of unbranched alkanes of at least 4 members (excludes halogenated alkanes) is 5. The second kappa shape index (κ2) is 11.9. The highest BCUT2D eigenvalue weighted by atomic mass is 31.1. The van der Waals surface area contributed by atoms with Crippen molar-refractivity contribution in [3.63, 3.8) is 0 Å². The third kappa shape index (κ3) is 11.9. The highest BCUT2D eigenvalue weighted by molar-refractivity contribution is 7.37. The smallest absolute Gasteiger partial charge is 0.0625 e. The van der Waals surface area contributed by atoms with Crippen molar-refractivity contribution >= 4 is 8.58 Å². The van der Waals surface area contributed by atoms with Crippen LogP contribution in [0.5, 0.6) is 0 Å². The lowest BCUT2D eigenvalue weighted by atomic mass is 10.1.